The Kier molecular flexibility index (Phi) is 1.39. The topological polar surface area (TPSA) is 25.8 Å². The number of hydrogen-bond acceptors (Lipinski definition) is 2. The van der Waals surface area contributed by atoms with Crippen molar-refractivity contribution in [1.82, 2.24) is 9.97 Å². The van der Waals surface area contributed by atoms with E-state index in [0.717, 1.165) is 6.20 Å². The van der Waals surface area contributed by atoms with Gasteiger partial charge in [-0.2, -0.15) is 0 Å². The molecule has 1 rings (SSSR count). The van der Waals surface area contributed by atoms with Crippen molar-refractivity contribution in [3.05, 3.63) is 23.5 Å². The molecule has 0 atom stereocenters. The SMILES string of the molecule is Fc1[c]nc(Cl)nc1. The van der Waals surface area contributed by atoms with Crippen molar-refractivity contribution in [3.63, 3.8) is 0 Å². The fraction of sp³-hybridized carbons (Fsp3) is 0. The minimum Gasteiger partial charge on any atom is -0.223 e. The molecule has 1 aromatic heterocycles. The predicted octanol–water partition coefficient (Wildman–Crippen LogP) is 1.07. The average molecular weight is 132 g/mol. The molecule has 2 nitrogen and oxygen atoms in total. The first-order valence-corrected chi connectivity index (χ1v) is 2.22. The van der Waals surface area contributed by atoms with Gasteiger partial charge < -0.3 is 0 Å². The highest BCUT2D eigenvalue weighted by Crippen LogP contribution is 1.96. The van der Waals surface area contributed by atoms with Gasteiger partial charge in [-0.25, -0.2) is 14.4 Å². The van der Waals surface area contributed by atoms with E-state index >= 15 is 0 Å². The molecule has 41 valence electrons. The van der Waals surface area contributed by atoms with E-state index in [9.17, 15) is 4.39 Å². The van der Waals surface area contributed by atoms with E-state index in [4.69, 9.17) is 11.6 Å². The van der Waals surface area contributed by atoms with Gasteiger partial charge in [0.05, 0.1) is 6.20 Å². The lowest BCUT2D eigenvalue weighted by atomic mass is 10.7. The first kappa shape index (κ1) is 5.44. The molecule has 0 aliphatic carbocycles. The first-order chi connectivity index (χ1) is 3.79. The van der Waals surface area contributed by atoms with E-state index in [1.165, 1.54) is 0 Å². The van der Waals surface area contributed by atoms with Crippen molar-refractivity contribution >= 4 is 11.6 Å². The lowest BCUT2D eigenvalue weighted by molar-refractivity contribution is 0.610. The number of hydrogen-bond donors (Lipinski definition) is 0. The van der Waals surface area contributed by atoms with Crippen molar-refractivity contribution < 1.29 is 4.39 Å². The molecule has 0 saturated heterocycles. The average Bonchev–Trinajstić information content (AvgIpc) is 1.77. The van der Waals surface area contributed by atoms with Gasteiger partial charge in [0.25, 0.3) is 0 Å². The molecule has 0 amide bonds. The molecule has 4 heteroatoms. The molecule has 0 N–H and O–H groups in total. The highest BCUT2D eigenvalue weighted by Gasteiger charge is 1.89. The maximum Gasteiger partial charge on any atom is 0.223 e. The normalized spacial score (nSPS) is 9.25. The predicted molar refractivity (Wildman–Crippen MR) is 25.8 cm³/mol. The molecular weight excluding hydrogens is 131 g/mol. The Hall–Kier alpha value is -0.700. The Bertz CT molecular complexity index is 153. The molecule has 0 unspecified atom stereocenters. The Morgan fingerprint density at radius 2 is 2.50 bits per heavy atom. The summed E-state index contributed by atoms with van der Waals surface area (Å²) in [6, 6.07) is 0. The van der Waals surface area contributed by atoms with Crippen LogP contribution in [0.1, 0.15) is 0 Å². The first-order valence-electron chi connectivity index (χ1n) is 1.85. The third-order valence-corrected chi connectivity index (χ3v) is 0.721. The van der Waals surface area contributed by atoms with E-state index in [2.05, 4.69) is 9.97 Å². The second kappa shape index (κ2) is 2.05. The summed E-state index contributed by atoms with van der Waals surface area (Å²) in [6.07, 6.45) is 2.94. The zero-order chi connectivity index (χ0) is 5.98. The Morgan fingerprint density at radius 1 is 1.75 bits per heavy atom. The van der Waals surface area contributed by atoms with Crippen LogP contribution in [0.2, 0.25) is 5.28 Å². The number of halogens is 2. The van der Waals surface area contributed by atoms with Gasteiger partial charge in [-0.15, -0.1) is 0 Å². The van der Waals surface area contributed by atoms with Gasteiger partial charge >= 0.3 is 0 Å². The smallest absolute Gasteiger partial charge is 0.223 e. The number of aromatic nitrogens is 2. The summed E-state index contributed by atoms with van der Waals surface area (Å²) < 4.78 is 11.8. The number of nitrogens with zero attached hydrogens (tertiary/aromatic N) is 2. The second-order valence-electron chi connectivity index (χ2n) is 1.10. The van der Waals surface area contributed by atoms with Crippen molar-refractivity contribution in [3.8, 4) is 0 Å². The minimum absolute atomic E-state index is 0.00593. The van der Waals surface area contributed by atoms with Crippen molar-refractivity contribution in [2.24, 2.45) is 0 Å². The minimum atomic E-state index is -0.602. The molecule has 0 spiro atoms. The standard InChI is InChI=1S/C4HClFN2/c5-4-7-1-3(6)2-8-4/h1H. The van der Waals surface area contributed by atoms with Crippen LogP contribution in [-0.4, -0.2) is 9.97 Å². The van der Waals surface area contributed by atoms with Crippen LogP contribution in [0.5, 0.6) is 0 Å². The van der Waals surface area contributed by atoms with E-state index in [0.29, 0.717) is 0 Å². The molecule has 1 heterocycles. The highest BCUT2D eigenvalue weighted by atomic mass is 35.5. The third kappa shape index (κ3) is 1.13. The van der Waals surface area contributed by atoms with Crippen molar-refractivity contribution in [2.45, 2.75) is 0 Å². The van der Waals surface area contributed by atoms with Crippen LogP contribution in [0, 0.1) is 12.0 Å². The number of rotatable bonds is 0. The van der Waals surface area contributed by atoms with Crippen LogP contribution in [0.4, 0.5) is 4.39 Å². The molecule has 0 aliphatic heterocycles. The molecule has 0 aromatic carbocycles. The van der Waals surface area contributed by atoms with Crippen LogP contribution in [-0.2, 0) is 0 Å². The highest BCUT2D eigenvalue weighted by molar-refractivity contribution is 6.28. The van der Waals surface area contributed by atoms with Gasteiger partial charge in [-0.3, -0.25) is 0 Å². The fourth-order valence-electron chi connectivity index (χ4n) is 0.267. The van der Waals surface area contributed by atoms with Gasteiger partial charge in [0.2, 0.25) is 5.28 Å². The van der Waals surface area contributed by atoms with Crippen LogP contribution in [0.15, 0.2) is 6.20 Å². The monoisotopic (exact) mass is 131 g/mol. The zero-order valence-corrected chi connectivity index (χ0v) is 4.48. The Labute approximate surface area is 50.3 Å². The molecule has 1 radical (unpaired) electrons. The van der Waals surface area contributed by atoms with Gasteiger partial charge in [0.1, 0.15) is 6.20 Å². The van der Waals surface area contributed by atoms with E-state index in [-0.39, 0.29) is 5.28 Å². The van der Waals surface area contributed by atoms with Crippen LogP contribution < -0.4 is 0 Å². The lowest BCUT2D eigenvalue weighted by Gasteiger charge is -1.82. The summed E-state index contributed by atoms with van der Waals surface area (Å²) in [6.45, 7) is 0. The molecule has 0 fully saturated rings. The molecule has 0 aliphatic rings. The lowest BCUT2D eigenvalue weighted by Crippen LogP contribution is -1.82. The van der Waals surface area contributed by atoms with Crippen molar-refractivity contribution in [1.29, 1.82) is 0 Å². The Balaban J connectivity index is 3.03. The van der Waals surface area contributed by atoms with Crippen LogP contribution in [0.3, 0.4) is 0 Å². The summed E-state index contributed by atoms with van der Waals surface area (Å²) >= 11 is 5.19. The van der Waals surface area contributed by atoms with E-state index in [1.807, 2.05) is 6.20 Å². The van der Waals surface area contributed by atoms with Crippen LogP contribution >= 0.6 is 11.6 Å². The summed E-state index contributed by atoms with van der Waals surface area (Å²) in [7, 11) is 0. The quantitative estimate of drug-likeness (QED) is 0.492. The Morgan fingerprint density at radius 3 is 2.88 bits per heavy atom. The molecule has 0 bridgehead atoms. The van der Waals surface area contributed by atoms with E-state index in [1.54, 1.807) is 0 Å². The van der Waals surface area contributed by atoms with Crippen molar-refractivity contribution in [2.75, 3.05) is 0 Å². The molecule has 8 heavy (non-hydrogen) atoms. The van der Waals surface area contributed by atoms with E-state index < -0.39 is 5.82 Å². The zero-order valence-electron chi connectivity index (χ0n) is 3.73. The van der Waals surface area contributed by atoms with Gasteiger partial charge in [0, 0.05) is 0 Å². The largest absolute Gasteiger partial charge is 0.223 e. The summed E-state index contributed by atoms with van der Waals surface area (Å²) in [5.74, 6) is -0.602. The summed E-state index contributed by atoms with van der Waals surface area (Å²) in [5, 5.41) is 0.00593. The van der Waals surface area contributed by atoms with Gasteiger partial charge in [0.15, 0.2) is 5.82 Å². The van der Waals surface area contributed by atoms with Crippen LogP contribution in [0.25, 0.3) is 0 Å². The third-order valence-electron chi connectivity index (χ3n) is 0.539. The fourth-order valence-corrected chi connectivity index (χ4v) is 0.358. The maximum atomic E-state index is 11.8. The van der Waals surface area contributed by atoms with Gasteiger partial charge in [-0.05, 0) is 11.6 Å². The maximum absolute atomic E-state index is 11.8. The van der Waals surface area contributed by atoms with Gasteiger partial charge in [-0.1, -0.05) is 0 Å². The molecule has 0 saturated carbocycles. The second-order valence-corrected chi connectivity index (χ2v) is 1.44. The molecular formula is C4HClFN2. The summed E-state index contributed by atoms with van der Waals surface area (Å²) in [4.78, 5) is 6.56. The molecule has 1 aromatic rings. The summed E-state index contributed by atoms with van der Waals surface area (Å²) in [5.41, 5.74) is 0.